The molecule has 1 aromatic rings. The van der Waals surface area contributed by atoms with Crippen molar-refractivity contribution in [2.24, 2.45) is 5.92 Å². The van der Waals surface area contributed by atoms with E-state index in [0.29, 0.717) is 5.56 Å². The molecule has 0 aliphatic heterocycles. The predicted molar refractivity (Wildman–Crippen MR) is 58.1 cm³/mol. The van der Waals surface area contributed by atoms with Crippen LogP contribution in [0.4, 0.5) is 4.39 Å². The Kier molecular flexibility index (Phi) is 4.56. The molecule has 1 N–H and O–H groups in total. The van der Waals surface area contributed by atoms with Crippen LogP contribution < -0.4 is 5.32 Å². The molecule has 1 rings (SSSR count). The molecule has 82 valence electrons. The molecule has 0 spiro atoms. The third-order valence-corrected chi connectivity index (χ3v) is 2.55. The molecule has 2 nitrogen and oxygen atoms in total. The molecule has 0 aliphatic rings. The average Bonchev–Trinajstić information content (AvgIpc) is 2.26. The molecule has 0 bridgehead atoms. The second kappa shape index (κ2) is 5.71. The molecule has 15 heavy (non-hydrogen) atoms. The van der Waals surface area contributed by atoms with Crippen LogP contribution >= 0.6 is 11.6 Å². The van der Waals surface area contributed by atoms with Gasteiger partial charge in [0.1, 0.15) is 5.82 Å². The van der Waals surface area contributed by atoms with E-state index < -0.39 is 0 Å². The van der Waals surface area contributed by atoms with Crippen molar-refractivity contribution in [1.29, 1.82) is 0 Å². The molecule has 4 heteroatoms. The number of hydrogen-bond donors (Lipinski definition) is 1. The molecule has 1 atom stereocenters. The monoisotopic (exact) mass is 229 g/mol. The number of halogens is 2. The number of hydrogen-bond acceptors (Lipinski definition) is 1. The minimum Gasteiger partial charge on any atom is -0.352 e. The summed E-state index contributed by atoms with van der Waals surface area (Å²) in [6, 6.07) is 6.35. The van der Waals surface area contributed by atoms with Crippen LogP contribution in [0.2, 0.25) is 0 Å². The Hall–Kier alpha value is -1.09. The van der Waals surface area contributed by atoms with E-state index in [9.17, 15) is 9.18 Å². The number of benzene rings is 1. The molecule has 0 heterocycles. The minimum atomic E-state index is -0.309. The third kappa shape index (κ3) is 3.51. The van der Waals surface area contributed by atoms with Crippen LogP contribution in [0, 0.1) is 11.7 Å². The minimum absolute atomic E-state index is 0.159. The summed E-state index contributed by atoms with van der Waals surface area (Å²) in [6.45, 7) is 1.93. The average molecular weight is 230 g/mol. The number of carbonyl (C=O) groups is 1. The highest BCUT2D eigenvalue weighted by Gasteiger charge is 2.11. The Bertz CT molecular complexity index is 343. The van der Waals surface area contributed by atoms with Crippen LogP contribution in [-0.4, -0.2) is 11.8 Å². The van der Waals surface area contributed by atoms with Crippen molar-refractivity contribution >= 4 is 17.5 Å². The van der Waals surface area contributed by atoms with E-state index in [2.05, 4.69) is 5.32 Å². The Balaban J connectivity index is 2.51. The lowest BCUT2D eigenvalue weighted by Crippen LogP contribution is -2.29. The van der Waals surface area contributed by atoms with Gasteiger partial charge in [-0.05, 0) is 6.07 Å². The van der Waals surface area contributed by atoms with Crippen LogP contribution in [0.3, 0.4) is 0 Å². The van der Waals surface area contributed by atoms with Crippen LogP contribution in [0.1, 0.15) is 12.5 Å². The lowest BCUT2D eigenvalue weighted by Gasteiger charge is -2.09. The predicted octanol–water partition coefficient (Wildman–Crippen LogP) is 2.32. The van der Waals surface area contributed by atoms with E-state index in [-0.39, 0.29) is 30.1 Å². The van der Waals surface area contributed by atoms with Crippen molar-refractivity contribution < 1.29 is 9.18 Å². The Morgan fingerprint density at radius 3 is 2.80 bits per heavy atom. The zero-order valence-corrected chi connectivity index (χ0v) is 9.22. The maximum absolute atomic E-state index is 13.1. The molecule has 0 aliphatic carbocycles. The van der Waals surface area contributed by atoms with Gasteiger partial charge in [-0.15, -0.1) is 11.6 Å². The van der Waals surface area contributed by atoms with Crippen LogP contribution in [0.15, 0.2) is 24.3 Å². The fourth-order valence-corrected chi connectivity index (χ4v) is 1.21. The number of rotatable bonds is 4. The van der Waals surface area contributed by atoms with Crippen molar-refractivity contribution in [3.8, 4) is 0 Å². The van der Waals surface area contributed by atoms with Crippen molar-refractivity contribution in [2.45, 2.75) is 13.5 Å². The van der Waals surface area contributed by atoms with Crippen LogP contribution in [0.5, 0.6) is 0 Å². The number of carbonyl (C=O) groups excluding carboxylic acids is 1. The second-order valence-corrected chi connectivity index (χ2v) is 3.67. The summed E-state index contributed by atoms with van der Waals surface area (Å²) < 4.78 is 13.1. The summed E-state index contributed by atoms with van der Waals surface area (Å²) in [5, 5.41) is 2.63. The highest BCUT2D eigenvalue weighted by Crippen LogP contribution is 2.06. The SMILES string of the molecule is CC(CCl)C(=O)NCc1ccccc1F. The summed E-state index contributed by atoms with van der Waals surface area (Å²) in [7, 11) is 0. The summed E-state index contributed by atoms with van der Waals surface area (Å²) in [5.41, 5.74) is 0.479. The Morgan fingerprint density at radius 1 is 1.53 bits per heavy atom. The Labute approximate surface area is 93.4 Å². The first-order chi connectivity index (χ1) is 7.15. The summed E-state index contributed by atoms with van der Waals surface area (Å²) in [4.78, 5) is 11.3. The fraction of sp³-hybridized carbons (Fsp3) is 0.364. The number of nitrogens with one attached hydrogen (secondary N) is 1. The van der Waals surface area contributed by atoms with Gasteiger partial charge in [0.2, 0.25) is 5.91 Å². The van der Waals surface area contributed by atoms with Gasteiger partial charge in [0.25, 0.3) is 0 Å². The van der Waals surface area contributed by atoms with Crippen molar-refractivity contribution in [1.82, 2.24) is 5.32 Å². The number of alkyl halides is 1. The normalized spacial score (nSPS) is 12.2. The van der Waals surface area contributed by atoms with Gasteiger partial charge in [-0.3, -0.25) is 4.79 Å². The first-order valence-electron chi connectivity index (χ1n) is 4.72. The first-order valence-corrected chi connectivity index (χ1v) is 5.25. The molecule has 0 saturated carbocycles. The van der Waals surface area contributed by atoms with Crippen LogP contribution in [0.25, 0.3) is 0 Å². The highest BCUT2D eigenvalue weighted by atomic mass is 35.5. The Morgan fingerprint density at radius 2 is 2.20 bits per heavy atom. The van der Waals surface area contributed by atoms with Gasteiger partial charge in [0.15, 0.2) is 0 Å². The molecule has 1 amide bonds. The van der Waals surface area contributed by atoms with E-state index in [4.69, 9.17) is 11.6 Å². The molecule has 0 aromatic heterocycles. The van der Waals surface area contributed by atoms with Crippen molar-refractivity contribution in [3.05, 3.63) is 35.6 Å². The smallest absolute Gasteiger partial charge is 0.224 e. The van der Waals surface area contributed by atoms with E-state index in [0.717, 1.165) is 0 Å². The quantitative estimate of drug-likeness (QED) is 0.789. The zero-order chi connectivity index (χ0) is 11.3. The van der Waals surface area contributed by atoms with Crippen molar-refractivity contribution in [3.63, 3.8) is 0 Å². The standard InChI is InChI=1S/C11H13ClFNO/c1-8(6-12)11(15)14-7-9-4-2-3-5-10(9)13/h2-5,8H,6-7H2,1H3,(H,14,15). The largest absolute Gasteiger partial charge is 0.352 e. The van der Waals surface area contributed by atoms with Gasteiger partial charge in [-0.1, -0.05) is 25.1 Å². The summed E-state index contributed by atoms with van der Waals surface area (Å²) >= 11 is 5.52. The summed E-state index contributed by atoms with van der Waals surface area (Å²) in [6.07, 6.45) is 0. The topological polar surface area (TPSA) is 29.1 Å². The van der Waals surface area contributed by atoms with E-state index in [1.807, 2.05) is 0 Å². The second-order valence-electron chi connectivity index (χ2n) is 3.36. The van der Waals surface area contributed by atoms with E-state index in [1.54, 1.807) is 25.1 Å². The molecule has 0 saturated heterocycles. The molecular formula is C11H13ClFNO. The maximum atomic E-state index is 13.1. The van der Waals surface area contributed by atoms with E-state index in [1.165, 1.54) is 6.07 Å². The highest BCUT2D eigenvalue weighted by molar-refractivity contribution is 6.19. The number of amides is 1. The fourth-order valence-electron chi connectivity index (χ4n) is 1.07. The third-order valence-electron chi connectivity index (χ3n) is 2.09. The summed E-state index contributed by atoms with van der Waals surface area (Å²) in [5.74, 6) is -0.452. The van der Waals surface area contributed by atoms with Gasteiger partial charge in [0, 0.05) is 23.9 Å². The first kappa shape index (κ1) is 12.0. The van der Waals surface area contributed by atoms with Gasteiger partial charge < -0.3 is 5.32 Å². The lowest BCUT2D eigenvalue weighted by molar-refractivity contribution is -0.124. The molecule has 0 radical (unpaired) electrons. The van der Waals surface area contributed by atoms with Crippen LogP contribution in [-0.2, 0) is 11.3 Å². The van der Waals surface area contributed by atoms with E-state index >= 15 is 0 Å². The van der Waals surface area contributed by atoms with Gasteiger partial charge >= 0.3 is 0 Å². The molecule has 1 unspecified atom stereocenters. The molecule has 1 aromatic carbocycles. The molecular weight excluding hydrogens is 217 g/mol. The van der Waals surface area contributed by atoms with Gasteiger partial charge in [-0.2, -0.15) is 0 Å². The maximum Gasteiger partial charge on any atom is 0.224 e. The van der Waals surface area contributed by atoms with Crippen molar-refractivity contribution in [2.75, 3.05) is 5.88 Å². The zero-order valence-electron chi connectivity index (χ0n) is 8.47. The van der Waals surface area contributed by atoms with Gasteiger partial charge in [-0.25, -0.2) is 4.39 Å². The van der Waals surface area contributed by atoms with Gasteiger partial charge in [0.05, 0.1) is 0 Å². The molecule has 0 fully saturated rings. The lowest BCUT2D eigenvalue weighted by atomic mass is 10.2.